The molecular formula is C22H18IN3O4. The van der Waals surface area contributed by atoms with E-state index in [4.69, 9.17) is 4.74 Å². The number of benzene rings is 3. The molecule has 1 amide bonds. The first kappa shape index (κ1) is 21.4. The number of para-hydroxylation sites is 1. The van der Waals surface area contributed by atoms with Gasteiger partial charge in [0.15, 0.2) is 0 Å². The highest BCUT2D eigenvalue weighted by atomic mass is 127. The molecule has 152 valence electrons. The number of carbonyl (C=O) groups excluding carboxylic acids is 1. The molecule has 3 aromatic carbocycles. The number of hydrogen-bond donors (Lipinski definition) is 1. The summed E-state index contributed by atoms with van der Waals surface area (Å²) < 4.78 is 6.76. The van der Waals surface area contributed by atoms with Crippen LogP contribution in [0.15, 0.2) is 77.9 Å². The summed E-state index contributed by atoms with van der Waals surface area (Å²) in [5.41, 5.74) is 4.53. The van der Waals surface area contributed by atoms with Crippen LogP contribution in [0.1, 0.15) is 16.7 Å². The van der Waals surface area contributed by atoms with Gasteiger partial charge >= 0.3 is 0 Å². The maximum Gasteiger partial charge on any atom is 0.273 e. The average molecular weight is 515 g/mol. The lowest BCUT2D eigenvalue weighted by Gasteiger charge is -2.09. The zero-order valence-corrected chi connectivity index (χ0v) is 18.0. The zero-order chi connectivity index (χ0) is 21.3. The van der Waals surface area contributed by atoms with E-state index in [-0.39, 0.29) is 12.1 Å². The molecular weight excluding hydrogens is 497 g/mol. The van der Waals surface area contributed by atoms with Crippen LogP contribution in [0, 0.1) is 13.7 Å². The number of nitro benzene ring substituents is 1. The van der Waals surface area contributed by atoms with Crippen LogP contribution in [-0.2, 0) is 17.8 Å². The molecule has 0 unspecified atom stereocenters. The molecule has 0 saturated heterocycles. The normalized spacial score (nSPS) is 10.7. The van der Waals surface area contributed by atoms with Crippen molar-refractivity contribution in [1.82, 2.24) is 5.43 Å². The van der Waals surface area contributed by atoms with Crippen molar-refractivity contribution in [2.45, 2.75) is 13.0 Å². The number of hydrogen-bond acceptors (Lipinski definition) is 5. The molecule has 0 aliphatic heterocycles. The molecule has 3 rings (SSSR count). The summed E-state index contributed by atoms with van der Waals surface area (Å²) in [7, 11) is 0. The molecule has 0 bridgehead atoms. The van der Waals surface area contributed by atoms with E-state index in [1.54, 1.807) is 18.2 Å². The van der Waals surface area contributed by atoms with E-state index in [2.05, 4.69) is 33.1 Å². The van der Waals surface area contributed by atoms with Gasteiger partial charge < -0.3 is 4.74 Å². The molecule has 0 radical (unpaired) electrons. The van der Waals surface area contributed by atoms with Crippen molar-refractivity contribution in [1.29, 1.82) is 0 Å². The Labute approximate surface area is 187 Å². The predicted octanol–water partition coefficient (Wildman–Crippen LogP) is 4.47. The van der Waals surface area contributed by atoms with Gasteiger partial charge in [-0.3, -0.25) is 14.9 Å². The maximum atomic E-state index is 12.0. The summed E-state index contributed by atoms with van der Waals surface area (Å²) >= 11 is 2.18. The summed E-state index contributed by atoms with van der Waals surface area (Å²) in [6.07, 6.45) is 1.39. The summed E-state index contributed by atoms with van der Waals surface area (Å²) in [6, 6.07) is 21.6. The van der Waals surface area contributed by atoms with Gasteiger partial charge in [-0.2, -0.15) is 5.10 Å². The van der Waals surface area contributed by atoms with Gasteiger partial charge in [-0.25, -0.2) is 5.43 Å². The number of ether oxygens (including phenoxy) is 1. The second-order valence-corrected chi connectivity index (χ2v) is 7.48. The predicted molar refractivity (Wildman–Crippen MR) is 122 cm³/mol. The van der Waals surface area contributed by atoms with Crippen molar-refractivity contribution in [2.75, 3.05) is 0 Å². The van der Waals surface area contributed by atoms with Crippen molar-refractivity contribution in [3.63, 3.8) is 0 Å². The van der Waals surface area contributed by atoms with Crippen LogP contribution in [-0.4, -0.2) is 17.0 Å². The Hall–Kier alpha value is -3.27. The van der Waals surface area contributed by atoms with Gasteiger partial charge in [0.1, 0.15) is 12.4 Å². The molecule has 0 aliphatic carbocycles. The highest BCUT2D eigenvalue weighted by molar-refractivity contribution is 14.1. The Balaban J connectivity index is 1.55. The fourth-order valence-corrected chi connectivity index (χ4v) is 3.37. The lowest BCUT2D eigenvalue weighted by molar-refractivity contribution is -0.385. The molecule has 0 heterocycles. The van der Waals surface area contributed by atoms with Gasteiger partial charge in [-0.05, 0) is 51.9 Å². The number of hydrazone groups is 1. The Morgan fingerprint density at radius 2 is 1.83 bits per heavy atom. The summed E-state index contributed by atoms with van der Waals surface area (Å²) in [5.74, 6) is 0.329. The summed E-state index contributed by atoms with van der Waals surface area (Å²) in [6.45, 7) is 0.478. The first-order chi connectivity index (χ1) is 14.5. The van der Waals surface area contributed by atoms with Crippen molar-refractivity contribution in [2.24, 2.45) is 5.10 Å². The summed E-state index contributed by atoms with van der Waals surface area (Å²) in [5, 5.41) is 15.0. The first-order valence-corrected chi connectivity index (χ1v) is 10.1. The van der Waals surface area contributed by atoms with E-state index in [1.807, 2.05) is 48.5 Å². The van der Waals surface area contributed by atoms with Crippen molar-refractivity contribution >= 4 is 40.4 Å². The van der Waals surface area contributed by atoms with Crippen LogP contribution in [0.5, 0.6) is 5.75 Å². The topological polar surface area (TPSA) is 93.8 Å². The highest BCUT2D eigenvalue weighted by Gasteiger charge is 2.15. The minimum absolute atomic E-state index is 0.0859. The van der Waals surface area contributed by atoms with E-state index >= 15 is 0 Å². The Morgan fingerprint density at radius 1 is 1.10 bits per heavy atom. The van der Waals surface area contributed by atoms with Gasteiger partial charge in [0.2, 0.25) is 5.91 Å². The van der Waals surface area contributed by atoms with Gasteiger partial charge in [0, 0.05) is 11.6 Å². The zero-order valence-electron chi connectivity index (χ0n) is 15.8. The molecule has 3 aromatic rings. The van der Waals surface area contributed by atoms with Crippen molar-refractivity contribution < 1.29 is 14.5 Å². The van der Waals surface area contributed by atoms with Crippen molar-refractivity contribution in [3.05, 3.63) is 103 Å². The second kappa shape index (κ2) is 10.5. The van der Waals surface area contributed by atoms with Crippen LogP contribution in [0.25, 0.3) is 0 Å². The number of amides is 1. The fraction of sp³-hybridized carbons (Fsp3) is 0.0909. The quantitative estimate of drug-likeness (QED) is 0.207. The van der Waals surface area contributed by atoms with Crippen LogP contribution >= 0.6 is 22.6 Å². The van der Waals surface area contributed by atoms with Crippen LogP contribution in [0.3, 0.4) is 0 Å². The lowest BCUT2D eigenvalue weighted by atomic mass is 10.1. The number of carbonyl (C=O) groups is 1. The maximum absolute atomic E-state index is 12.0. The molecule has 0 atom stereocenters. The third-order valence-corrected chi connectivity index (χ3v) is 4.98. The molecule has 0 saturated carbocycles. The monoisotopic (exact) mass is 515 g/mol. The minimum atomic E-state index is -0.505. The number of nitro groups is 1. The smallest absolute Gasteiger partial charge is 0.273 e. The minimum Gasteiger partial charge on any atom is -0.488 e. The van der Waals surface area contributed by atoms with Gasteiger partial charge in [0.25, 0.3) is 5.69 Å². The standard InChI is InChI=1S/C22H18IN3O4/c23-19-12-17(10-11-21(19)30-15-16-6-2-1-3-7-16)14-24-25-22(27)13-18-8-4-5-9-20(18)26(28)29/h1-12,14H,13,15H2,(H,25,27)/b24-14+. The van der Waals surface area contributed by atoms with E-state index in [0.29, 0.717) is 12.2 Å². The van der Waals surface area contributed by atoms with Gasteiger partial charge in [-0.15, -0.1) is 0 Å². The average Bonchev–Trinajstić information content (AvgIpc) is 2.74. The Kier molecular flexibility index (Phi) is 7.50. The van der Waals surface area contributed by atoms with E-state index < -0.39 is 10.8 Å². The van der Waals surface area contributed by atoms with E-state index in [9.17, 15) is 14.9 Å². The molecule has 30 heavy (non-hydrogen) atoms. The molecule has 8 heteroatoms. The van der Waals surface area contributed by atoms with Crippen molar-refractivity contribution in [3.8, 4) is 5.75 Å². The first-order valence-electron chi connectivity index (χ1n) is 9.03. The van der Waals surface area contributed by atoms with E-state index in [0.717, 1.165) is 20.4 Å². The molecule has 1 N–H and O–H groups in total. The third-order valence-electron chi connectivity index (χ3n) is 4.14. The second-order valence-electron chi connectivity index (χ2n) is 6.32. The number of rotatable bonds is 8. The number of nitrogens with zero attached hydrogens (tertiary/aromatic N) is 2. The molecule has 0 aliphatic rings. The fourth-order valence-electron chi connectivity index (χ4n) is 2.68. The van der Waals surface area contributed by atoms with Crippen LogP contribution in [0.4, 0.5) is 5.69 Å². The van der Waals surface area contributed by atoms with Gasteiger partial charge in [-0.1, -0.05) is 48.5 Å². The highest BCUT2D eigenvalue weighted by Crippen LogP contribution is 2.22. The molecule has 7 nitrogen and oxygen atoms in total. The lowest BCUT2D eigenvalue weighted by Crippen LogP contribution is -2.20. The van der Waals surface area contributed by atoms with Crippen LogP contribution in [0.2, 0.25) is 0 Å². The van der Waals surface area contributed by atoms with Crippen LogP contribution < -0.4 is 10.2 Å². The number of nitrogens with one attached hydrogen (secondary N) is 1. The largest absolute Gasteiger partial charge is 0.488 e. The number of halogens is 1. The molecule has 0 fully saturated rings. The van der Waals surface area contributed by atoms with Gasteiger partial charge in [0.05, 0.1) is 21.1 Å². The molecule has 0 spiro atoms. The Morgan fingerprint density at radius 3 is 2.57 bits per heavy atom. The third kappa shape index (κ3) is 6.11. The molecule has 0 aromatic heterocycles. The SMILES string of the molecule is O=C(Cc1ccccc1[N+](=O)[O-])N/N=C/c1ccc(OCc2ccccc2)c(I)c1. The van der Waals surface area contributed by atoms with E-state index in [1.165, 1.54) is 12.3 Å². The summed E-state index contributed by atoms with van der Waals surface area (Å²) in [4.78, 5) is 22.6. The Bertz CT molecular complexity index is 1070.